The number of carboxylic acid groups (broad SMARTS) is 2. The molecule has 0 unspecified atom stereocenters. The van der Waals surface area contributed by atoms with Crippen molar-refractivity contribution in [2.45, 2.75) is 57.0 Å². The van der Waals surface area contributed by atoms with Crippen LogP contribution in [-0.4, -0.2) is 91.6 Å². The van der Waals surface area contributed by atoms with E-state index in [1.54, 1.807) is 0 Å². The number of methoxy groups -OCH3 is 1. The Hall–Kier alpha value is -3.79. The van der Waals surface area contributed by atoms with Crippen molar-refractivity contribution in [3.05, 3.63) is 68.2 Å². The van der Waals surface area contributed by atoms with Crippen molar-refractivity contribution in [3.63, 3.8) is 0 Å². The zero-order chi connectivity index (χ0) is 32.6. The molecule has 3 aromatic rings. The molecule has 1 aliphatic heterocycles. The second kappa shape index (κ2) is 13.1. The first-order valence-electron chi connectivity index (χ1n) is 13.4. The van der Waals surface area contributed by atoms with Crippen LogP contribution in [0.25, 0.3) is 10.9 Å². The van der Waals surface area contributed by atoms with Crippen LogP contribution in [0.3, 0.4) is 0 Å². The van der Waals surface area contributed by atoms with E-state index in [2.05, 4.69) is 0 Å². The number of aliphatic hydroxyl groups is 4. The summed E-state index contributed by atoms with van der Waals surface area (Å²) in [5.41, 5.74) is -0.707. The third-order valence-electron chi connectivity index (χ3n) is 7.54. The third-order valence-corrected chi connectivity index (χ3v) is 7.89. The molecule has 1 aliphatic rings. The lowest BCUT2D eigenvalue weighted by atomic mass is 9.98. The van der Waals surface area contributed by atoms with E-state index in [0.29, 0.717) is 11.1 Å². The van der Waals surface area contributed by atoms with E-state index in [0.717, 1.165) is 0 Å². The SMILES string of the molecule is COc1cc2c(cc1Cc1ccc(O[C@@H]3O[C@H](C(=O)O)[C@@H](O)[C@H](O)[C@H]3O)c(Cl)c1F)c(=O)c(C(=O)O)cn2[C@H](CO)C(C)C. The van der Waals surface area contributed by atoms with Gasteiger partial charge >= 0.3 is 11.9 Å². The van der Waals surface area contributed by atoms with Crippen LogP contribution in [-0.2, 0) is 16.0 Å². The number of nitrogens with zero attached hydrogens (tertiary/aromatic N) is 1. The standard InChI is InChI=1S/C29H31ClFNO12/c1-11(2)17(10-33)32-9-15(27(38)39)22(34)14-7-13(19(42-3)8-16(14)32)6-12-4-5-18(20(30)21(12)31)43-29-25(37)23(35)24(36)26(44-29)28(40)41/h4-5,7-9,11,17,23-26,29,33,35-37H,6,10H2,1-3H3,(H,38,39)(H,40,41)/t17-,23+,24+,25-,26+,29-/m1/s1. The summed E-state index contributed by atoms with van der Waals surface area (Å²) in [6.45, 7) is 3.32. The number of hydrogen-bond donors (Lipinski definition) is 6. The van der Waals surface area contributed by atoms with Gasteiger partial charge in [0.05, 0.1) is 25.3 Å². The number of ether oxygens (including phenoxy) is 3. The molecule has 6 N–H and O–H groups in total. The lowest BCUT2D eigenvalue weighted by Crippen LogP contribution is -2.61. The molecular formula is C29H31ClFNO12. The topological polar surface area (TPSA) is 205 Å². The maximum Gasteiger partial charge on any atom is 0.341 e. The van der Waals surface area contributed by atoms with Crippen molar-refractivity contribution in [1.82, 2.24) is 4.57 Å². The summed E-state index contributed by atoms with van der Waals surface area (Å²) >= 11 is 6.21. The predicted molar refractivity (Wildman–Crippen MR) is 152 cm³/mol. The summed E-state index contributed by atoms with van der Waals surface area (Å²) in [6, 6.07) is 4.79. The van der Waals surface area contributed by atoms with Crippen molar-refractivity contribution in [3.8, 4) is 11.5 Å². The van der Waals surface area contributed by atoms with Gasteiger partial charge in [0.25, 0.3) is 0 Å². The zero-order valence-electron chi connectivity index (χ0n) is 23.7. The number of carboxylic acids is 2. The number of aromatic carboxylic acids is 1. The number of fused-ring (bicyclic) bond motifs is 1. The average molecular weight is 640 g/mol. The molecule has 2 aromatic carbocycles. The predicted octanol–water partition coefficient (Wildman–Crippen LogP) is 1.55. The largest absolute Gasteiger partial charge is 0.496 e. The van der Waals surface area contributed by atoms with Crippen molar-refractivity contribution < 1.29 is 58.8 Å². The molecule has 6 atom stereocenters. The fraction of sp³-hybridized carbons (Fsp3) is 0.414. The summed E-state index contributed by atoms with van der Waals surface area (Å²) in [4.78, 5) is 36.5. The number of carbonyl (C=O) groups is 2. The highest BCUT2D eigenvalue weighted by molar-refractivity contribution is 6.32. The van der Waals surface area contributed by atoms with E-state index in [4.69, 9.17) is 25.8 Å². The molecule has 0 saturated carbocycles. The van der Waals surface area contributed by atoms with E-state index in [-0.39, 0.29) is 41.4 Å². The van der Waals surface area contributed by atoms with Crippen LogP contribution in [0, 0.1) is 11.7 Å². The smallest absolute Gasteiger partial charge is 0.341 e. The van der Waals surface area contributed by atoms with Crippen molar-refractivity contribution >= 4 is 34.4 Å². The quantitative estimate of drug-likeness (QED) is 0.187. The molecule has 0 bridgehead atoms. The normalized spacial score (nSPS) is 22.6. The molecule has 0 radical (unpaired) electrons. The number of aliphatic hydroxyl groups excluding tert-OH is 4. The molecule has 0 amide bonds. The number of pyridine rings is 1. The lowest BCUT2D eigenvalue weighted by Gasteiger charge is -2.38. The van der Waals surface area contributed by atoms with Gasteiger partial charge < -0.3 is 49.4 Å². The highest BCUT2D eigenvalue weighted by Gasteiger charge is 2.48. The minimum absolute atomic E-state index is 0.00317. The highest BCUT2D eigenvalue weighted by atomic mass is 35.5. The average Bonchev–Trinajstić information content (AvgIpc) is 2.97. The van der Waals surface area contributed by atoms with Crippen molar-refractivity contribution in [1.29, 1.82) is 0 Å². The lowest BCUT2D eigenvalue weighted by molar-refractivity contribution is -0.271. The molecule has 1 aromatic heterocycles. The van der Waals surface area contributed by atoms with Crippen LogP contribution >= 0.6 is 11.6 Å². The maximum absolute atomic E-state index is 15.5. The summed E-state index contributed by atoms with van der Waals surface area (Å²) in [7, 11) is 1.36. The van der Waals surface area contributed by atoms with Gasteiger partial charge in [-0.2, -0.15) is 0 Å². The van der Waals surface area contributed by atoms with Crippen LogP contribution in [0.15, 0.2) is 35.3 Å². The fourth-order valence-corrected chi connectivity index (χ4v) is 5.30. The molecular weight excluding hydrogens is 609 g/mol. The van der Waals surface area contributed by atoms with Crippen molar-refractivity contribution in [2.24, 2.45) is 5.92 Å². The first-order valence-corrected chi connectivity index (χ1v) is 13.7. The number of rotatable bonds is 10. The van der Waals surface area contributed by atoms with Gasteiger partial charge in [-0.25, -0.2) is 14.0 Å². The molecule has 15 heteroatoms. The van der Waals surface area contributed by atoms with Gasteiger partial charge in [0, 0.05) is 24.1 Å². The second-order valence-corrected chi connectivity index (χ2v) is 11.0. The van der Waals surface area contributed by atoms with Crippen LogP contribution in [0.2, 0.25) is 5.02 Å². The van der Waals surface area contributed by atoms with E-state index < -0.39 is 70.5 Å². The first-order chi connectivity index (χ1) is 20.7. The minimum atomic E-state index is -1.95. The van der Waals surface area contributed by atoms with E-state index in [9.17, 15) is 45.0 Å². The Morgan fingerprint density at radius 3 is 2.32 bits per heavy atom. The third kappa shape index (κ3) is 6.09. The van der Waals surface area contributed by atoms with Crippen LogP contribution in [0.4, 0.5) is 4.39 Å². The molecule has 2 heterocycles. The Balaban J connectivity index is 1.74. The summed E-state index contributed by atoms with van der Waals surface area (Å²) in [5.74, 6) is -4.35. The second-order valence-electron chi connectivity index (χ2n) is 10.6. The Morgan fingerprint density at radius 2 is 1.75 bits per heavy atom. The number of hydrogen-bond acceptors (Lipinski definition) is 10. The number of aromatic nitrogens is 1. The highest BCUT2D eigenvalue weighted by Crippen LogP contribution is 2.36. The molecule has 44 heavy (non-hydrogen) atoms. The first kappa shape index (κ1) is 33.1. The Labute approximate surface area is 254 Å². The molecule has 13 nitrogen and oxygen atoms in total. The van der Waals surface area contributed by atoms with Gasteiger partial charge in [-0.1, -0.05) is 31.5 Å². The van der Waals surface area contributed by atoms with Gasteiger partial charge in [-0.05, 0) is 29.2 Å². The van der Waals surface area contributed by atoms with Gasteiger partial charge in [-0.15, -0.1) is 0 Å². The minimum Gasteiger partial charge on any atom is -0.496 e. The zero-order valence-corrected chi connectivity index (χ0v) is 24.4. The monoisotopic (exact) mass is 639 g/mol. The summed E-state index contributed by atoms with van der Waals surface area (Å²) < 4.78 is 33.0. The van der Waals surface area contributed by atoms with E-state index >= 15 is 4.39 Å². The summed E-state index contributed by atoms with van der Waals surface area (Å²) in [5, 5.41) is 58.5. The number of benzene rings is 2. The van der Waals surface area contributed by atoms with Crippen molar-refractivity contribution in [2.75, 3.05) is 13.7 Å². The maximum atomic E-state index is 15.5. The van der Waals surface area contributed by atoms with E-state index in [1.807, 2.05) is 13.8 Å². The van der Waals surface area contributed by atoms with Gasteiger partial charge in [0.15, 0.2) is 6.10 Å². The number of aliphatic carboxylic acids is 1. The summed E-state index contributed by atoms with van der Waals surface area (Å²) in [6.07, 6.45) is -8.58. The Bertz CT molecular complexity index is 1640. The molecule has 1 saturated heterocycles. The Kier molecular flexibility index (Phi) is 9.83. The molecule has 4 rings (SSSR count). The van der Waals surface area contributed by atoms with E-state index in [1.165, 1.54) is 42.1 Å². The molecule has 238 valence electrons. The molecule has 0 spiro atoms. The molecule has 1 fully saturated rings. The van der Waals surface area contributed by atoms with Crippen LogP contribution in [0.5, 0.6) is 11.5 Å². The fourth-order valence-electron chi connectivity index (χ4n) is 5.08. The van der Waals surface area contributed by atoms with Crippen LogP contribution < -0.4 is 14.9 Å². The van der Waals surface area contributed by atoms with Gasteiger partial charge in [0.2, 0.25) is 11.7 Å². The number of halogens is 2. The molecule has 0 aliphatic carbocycles. The van der Waals surface area contributed by atoms with Gasteiger partial charge in [-0.3, -0.25) is 4.79 Å². The van der Waals surface area contributed by atoms with Gasteiger partial charge in [0.1, 0.15) is 46.2 Å². The van der Waals surface area contributed by atoms with Crippen LogP contribution in [0.1, 0.15) is 41.4 Å². The Morgan fingerprint density at radius 1 is 1.07 bits per heavy atom.